The van der Waals surface area contributed by atoms with Crippen molar-refractivity contribution in [3.63, 3.8) is 0 Å². The van der Waals surface area contributed by atoms with Crippen molar-refractivity contribution < 1.29 is 24.2 Å². The fourth-order valence-corrected chi connectivity index (χ4v) is 2.45. The first-order chi connectivity index (χ1) is 12.5. The van der Waals surface area contributed by atoms with Gasteiger partial charge in [-0.05, 0) is 42.7 Å². The van der Waals surface area contributed by atoms with Gasteiger partial charge < -0.3 is 19.9 Å². The van der Waals surface area contributed by atoms with Gasteiger partial charge in [0, 0.05) is 6.42 Å². The number of carbonyl (C=O) groups is 2. The molecule has 6 heteroatoms. The van der Waals surface area contributed by atoms with E-state index in [2.05, 4.69) is 5.32 Å². The van der Waals surface area contributed by atoms with Crippen molar-refractivity contribution in [2.45, 2.75) is 25.8 Å². The number of carbonyl (C=O) groups excluding carboxylic acids is 1. The minimum atomic E-state index is -1.11. The Bertz CT molecular complexity index is 742. The first-order valence-corrected chi connectivity index (χ1v) is 8.36. The topological polar surface area (TPSA) is 84.9 Å². The number of benzene rings is 2. The first-order valence-electron chi connectivity index (χ1n) is 8.36. The van der Waals surface area contributed by atoms with E-state index in [1.807, 2.05) is 31.2 Å². The largest absolute Gasteiger partial charge is 0.497 e. The molecule has 26 heavy (non-hydrogen) atoms. The van der Waals surface area contributed by atoms with Gasteiger partial charge in [-0.25, -0.2) is 4.79 Å². The van der Waals surface area contributed by atoms with E-state index in [0.29, 0.717) is 24.3 Å². The Morgan fingerprint density at radius 1 is 1.12 bits per heavy atom. The number of para-hydroxylation sites is 1. The molecule has 2 rings (SSSR count). The summed E-state index contributed by atoms with van der Waals surface area (Å²) in [6.45, 7) is 2.34. The fraction of sp³-hybridized carbons (Fsp3) is 0.300. The molecule has 1 amide bonds. The summed E-state index contributed by atoms with van der Waals surface area (Å²) in [5, 5.41) is 11.9. The SMILES string of the molecule is COc1ccc(C(NC(=O)CCCOc2ccccc2C)C(=O)O)cc1. The maximum absolute atomic E-state index is 12.1. The van der Waals surface area contributed by atoms with E-state index in [1.54, 1.807) is 24.3 Å². The number of carboxylic acid groups (broad SMARTS) is 1. The van der Waals surface area contributed by atoms with Crippen molar-refractivity contribution >= 4 is 11.9 Å². The molecule has 2 N–H and O–H groups in total. The lowest BCUT2D eigenvalue weighted by Crippen LogP contribution is -2.33. The molecular formula is C20H23NO5. The van der Waals surface area contributed by atoms with E-state index < -0.39 is 12.0 Å². The average molecular weight is 357 g/mol. The second-order valence-corrected chi connectivity index (χ2v) is 5.83. The van der Waals surface area contributed by atoms with Crippen LogP contribution in [0.3, 0.4) is 0 Å². The van der Waals surface area contributed by atoms with Crippen molar-refractivity contribution in [1.82, 2.24) is 5.32 Å². The van der Waals surface area contributed by atoms with Gasteiger partial charge in [-0.15, -0.1) is 0 Å². The number of hydrogen-bond donors (Lipinski definition) is 2. The van der Waals surface area contributed by atoms with Gasteiger partial charge in [-0.2, -0.15) is 0 Å². The van der Waals surface area contributed by atoms with Crippen LogP contribution in [0.2, 0.25) is 0 Å². The second-order valence-electron chi connectivity index (χ2n) is 5.83. The number of nitrogens with one attached hydrogen (secondary N) is 1. The van der Waals surface area contributed by atoms with Gasteiger partial charge in [-0.3, -0.25) is 4.79 Å². The summed E-state index contributed by atoms with van der Waals surface area (Å²) in [7, 11) is 1.53. The third-order valence-electron chi connectivity index (χ3n) is 3.90. The summed E-state index contributed by atoms with van der Waals surface area (Å²) in [6.07, 6.45) is 0.681. The highest BCUT2D eigenvalue weighted by molar-refractivity contribution is 5.84. The van der Waals surface area contributed by atoms with Crippen LogP contribution in [0.1, 0.15) is 30.0 Å². The molecule has 0 saturated carbocycles. The zero-order valence-electron chi connectivity index (χ0n) is 14.9. The van der Waals surface area contributed by atoms with Crippen molar-refractivity contribution in [1.29, 1.82) is 0 Å². The van der Waals surface area contributed by atoms with Crippen LogP contribution in [0.5, 0.6) is 11.5 Å². The molecule has 1 atom stereocenters. The highest BCUT2D eigenvalue weighted by Crippen LogP contribution is 2.19. The standard InChI is InChI=1S/C20H23NO5/c1-14-6-3-4-7-17(14)26-13-5-8-18(22)21-19(20(23)24)15-9-11-16(25-2)12-10-15/h3-4,6-7,9-12,19H,5,8,13H2,1-2H3,(H,21,22)(H,23,24). The fourth-order valence-electron chi connectivity index (χ4n) is 2.45. The Morgan fingerprint density at radius 2 is 1.81 bits per heavy atom. The highest BCUT2D eigenvalue weighted by atomic mass is 16.5. The number of hydrogen-bond acceptors (Lipinski definition) is 4. The molecule has 0 aromatic heterocycles. The summed E-state index contributed by atoms with van der Waals surface area (Å²) >= 11 is 0. The van der Waals surface area contributed by atoms with Gasteiger partial charge >= 0.3 is 5.97 Å². The summed E-state index contributed by atoms with van der Waals surface area (Å²) < 4.78 is 10.7. The lowest BCUT2D eigenvalue weighted by molar-refractivity contribution is -0.142. The molecule has 0 radical (unpaired) electrons. The molecule has 0 fully saturated rings. The molecule has 0 saturated heterocycles. The van der Waals surface area contributed by atoms with Crippen LogP contribution in [-0.2, 0) is 9.59 Å². The zero-order chi connectivity index (χ0) is 18.9. The average Bonchev–Trinajstić information content (AvgIpc) is 2.64. The molecular weight excluding hydrogens is 334 g/mol. The van der Waals surface area contributed by atoms with E-state index in [1.165, 1.54) is 7.11 Å². The van der Waals surface area contributed by atoms with Crippen LogP contribution in [0, 0.1) is 6.92 Å². The van der Waals surface area contributed by atoms with Crippen molar-refractivity contribution in [2.75, 3.05) is 13.7 Å². The van der Waals surface area contributed by atoms with Gasteiger partial charge in [0.05, 0.1) is 13.7 Å². The van der Waals surface area contributed by atoms with Crippen LogP contribution in [0.4, 0.5) is 0 Å². The molecule has 0 aliphatic rings. The lowest BCUT2D eigenvalue weighted by atomic mass is 10.1. The van der Waals surface area contributed by atoms with Gasteiger partial charge in [0.2, 0.25) is 5.91 Å². The Kier molecular flexibility index (Phi) is 7.02. The van der Waals surface area contributed by atoms with Crippen LogP contribution in [-0.4, -0.2) is 30.7 Å². The normalized spacial score (nSPS) is 11.5. The number of methoxy groups -OCH3 is 1. The van der Waals surface area contributed by atoms with E-state index >= 15 is 0 Å². The van der Waals surface area contributed by atoms with Crippen molar-refractivity contribution in [3.05, 3.63) is 59.7 Å². The minimum Gasteiger partial charge on any atom is -0.497 e. The molecule has 138 valence electrons. The zero-order valence-corrected chi connectivity index (χ0v) is 14.9. The number of aryl methyl sites for hydroxylation is 1. The second kappa shape index (κ2) is 9.46. The Balaban J connectivity index is 1.83. The summed E-state index contributed by atoms with van der Waals surface area (Å²) in [5.74, 6) is -0.0339. The lowest BCUT2D eigenvalue weighted by Gasteiger charge is -2.15. The molecule has 0 aliphatic carbocycles. The first kappa shape index (κ1) is 19.3. The van der Waals surface area contributed by atoms with Crippen LogP contribution in [0.15, 0.2) is 48.5 Å². The van der Waals surface area contributed by atoms with E-state index in [-0.39, 0.29) is 12.3 Å². The summed E-state index contributed by atoms with van der Waals surface area (Å²) in [5.41, 5.74) is 1.52. The molecule has 2 aromatic rings. The quantitative estimate of drug-likeness (QED) is 0.674. The van der Waals surface area contributed by atoms with Gasteiger partial charge in [0.15, 0.2) is 6.04 Å². The van der Waals surface area contributed by atoms with Gasteiger partial charge in [-0.1, -0.05) is 30.3 Å². The molecule has 0 heterocycles. The molecule has 0 aliphatic heterocycles. The van der Waals surface area contributed by atoms with Crippen molar-refractivity contribution in [2.24, 2.45) is 0 Å². The number of rotatable bonds is 9. The number of aliphatic carboxylic acids is 1. The van der Waals surface area contributed by atoms with Gasteiger partial charge in [0.1, 0.15) is 11.5 Å². The van der Waals surface area contributed by atoms with Crippen LogP contribution in [0.25, 0.3) is 0 Å². The number of amides is 1. The maximum Gasteiger partial charge on any atom is 0.330 e. The number of carboxylic acids is 1. The maximum atomic E-state index is 12.1. The van der Waals surface area contributed by atoms with Gasteiger partial charge in [0.25, 0.3) is 0 Å². The molecule has 6 nitrogen and oxygen atoms in total. The molecule has 0 spiro atoms. The highest BCUT2D eigenvalue weighted by Gasteiger charge is 2.21. The summed E-state index contributed by atoms with van der Waals surface area (Å²) in [4.78, 5) is 23.5. The molecule has 1 unspecified atom stereocenters. The monoisotopic (exact) mass is 357 g/mol. The van der Waals surface area contributed by atoms with E-state index in [4.69, 9.17) is 9.47 Å². The minimum absolute atomic E-state index is 0.186. The summed E-state index contributed by atoms with van der Waals surface area (Å²) in [6, 6.07) is 13.1. The van der Waals surface area contributed by atoms with E-state index in [0.717, 1.165) is 11.3 Å². The smallest absolute Gasteiger partial charge is 0.330 e. The Hall–Kier alpha value is -3.02. The Morgan fingerprint density at radius 3 is 2.42 bits per heavy atom. The predicted octanol–water partition coefficient (Wildman–Crippen LogP) is 3.10. The van der Waals surface area contributed by atoms with Crippen LogP contribution < -0.4 is 14.8 Å². The number of ether oxygens (including phenoxy) is 2. The molecule has 2 aromatic carbocycles. The van der Waals surface area contributed by atoms with Crippen molar-refractivity contribution in [3.8, 4) is 11.5 Å². The Labute approximate surface area is 152 Å². The third kappa shape index (κ3) is 5.51. The third-order valence-corrected chi connectivity index (χ3v) is 3.90. The van der Waals surface area contributed by atoms with Crippen LogP contribution >= 0.6 is 0 Å². The molecule has 0 bridgehead atoms. The van der Waals surface area contributed by atoms with E-state index in [9.17, 15) is 14.7 Å². The predicted molar refractivity (Wildman–Crippen MR) is 97.4 cm³/mol.